The second-order valence-electron chi connectivity index (χ2n) is 7.09. The predicted octanol–water partition coefficient (Wildman–Crippen LogP) is 4.71. The van der Waals surface area contributed by atoms with E-state index in [0.717, 1.165) is 12.2 Å². The highest BCUT2D eigenvalue weighted by atomic mass is 32.2. The number of carbonyl (C=O) groups excluding carboxylic acids is 2. The first-order valence-corrected chi connectivity index (χ1v) is 10.3. The number of ketones is 1. The quantitative estimate of drug-likeness (QED) is 0.677. The van der Waals surface area contributed by atoms with Crippen molar-refractivity contribution in [3.05, 3.63) is 24.2 Å². The van der Waals surface area contributed by atoms with E-state index in [1.165, 1.54) is 32.1 Å². The molecule has 162 valence electrons. The highest BCUT2D eigenvalue weighted by Crippen LogP contribution is 2.32. The monoisotopic (exact) mass is 431 g/mol. The van der Waals surface area contributed by atoms with Gasteiger partial charge in [-0.05, 0) is 31.4 Å². The molecule has 1 saturated heterocycles. The summed E-state index contributed by atoms with van der Waals surface area (Å²) in [5, 5.41) is 2.77. The van der Waals surface area contributed by atoms with E-state index in [1.807, 2.05) is 19.1 Å². The van der Waals surface area contributed by atoms with Crippen LogP contribution in [0.15, 0.2) is 22.8 Å². The Morgan fingerprint density at radius 2 is 2.00 bits per heavy atom. The summed E-state index contributed by atoms with van der Waals surface area (Å²) in [6.07, 6.45) is 8.50. The van der Waals surface area contributed by atoms with Gasteiger partial charge in [0.2, 0.25) is 5.91 Å². The molecule has 3 rings (SSSR count). The SMILES string of the molecule is C.C.C[C@H]1OCC(=O)[C@@H]1NC(=O)[C@H](CC1CCCCC1)SCc1ccco1.S. The molecule has 2 aliphatic rings. The average molecular weight is 432 g/mol. The third kappa shape index (κ3) is 7.48. The molecule has 2 heterocycles. The average Bonchev–Trinajstić information content (AvgIpc) is 3.24. The van der Waals surface area contributed by atoms with Crippen LogP contribution in [0.5, 0.6) is 0 Å². The first-order chi connectivity index (χ1) is 12.1. The largest absolute Gasteiger partial charge is 0.468 e. The van der Waals surface area contributed by atoms with E-state index in [9.17, 15) is 9.59 Å². The van der Waals surface area contributed by atoms with E-state index in [-0.39, 0.29) is 58.0 Å². The Kier molecular flexibility index (Phi) is 12.9. The molecule has 1 aliphatic carbocycles. The van der Waals surface area contributed by atoms with Crippen LogP contribution in [0.2, 0.25) is 0 Å². The zero-order valence-corrected chi connectivity index (χ0v) is 17.1. The maximum atomic E-state index is 12.9. The van der Waals surface area contributed by atoms with Gasteiger partial charge >= 0.3 is 0 Å². The molecule has 0 aromatic carbocycles. The summed E-state index contributed by atoms with van der Waals surface area (Å²) >= 11 is 1.61. The van der Waals surface area contributed by atoms with Crippen molar-refractivity contribution in [1.29, 1.82) is 0 Å². The van der Waals surface area contributed by atoms with Crippen LogP contribution in [0.3, 0.4) is 0 Å². The fraction of sp³-hybridized carbons (Fsp3) is 0.714. The molecule has 5 nitrogen and oxygen atoms in total. The summed E-state index contributed by atoms with van der Waals surface area (Å²) in [7, 11) is 0. The molecule has 3 atom stereocenters. The lowest BCUT2D eigenvalue weighted by Crippen LogP contribution is -2.47. The van der Waals surface area contributed by atoms with Gasteiger partial charge in [-0.2, -0.15) is 13.5 Å². The minimum Gasteiger partial charge on any atom is -0.468 e. The van der Waals surface area contributed by atoms with Gasteiger partial charge in [0, 0.05) is 0 Å². The van der Waals surface area contributed by atoms with E-state index in [0.29, 0.717) is 11.7 Å². The molecule has 2 fully saturated rings. The molecule has 0 spiro atoms. The van der Waals surface area contributed by atoms with Crippen molar-refractivity contribution < 1.29 is 18.7 Å². The van der Waals surface area contributed by atoms with Crippen LogP contribution in [0.25, 0.3) is 0 Å². The maximum absolute atomic E-state index is 12.9. The molecule has 28 heavy (non-hydrogen) atoms. The Morgan fingerprint density at radius 1 is 1.29 bits per heavy atom. The highest BCUT2D eigenvalue weighted by molar-refractivity contribution is 7.99. The summed E-state index contributed by atoms with van der Waals surface area (Å²) in [4.78, 5) is 24.8. The zero-order valence-electron chi connectivity index (χ0n) is 15.2. The van der Waals surface area contributed by atoms with E-state index >= 15 is 0 Å². The van der Waals surface area contributed by atoms with Crippen molar-refractivity contribution >= 4 is 36.9 Å². The second-order valence-corrected chi connectivity index (χ2v) is 8.28. The van der Waals surface area contributed by atoms with Gasteiger partial charge in [-0.3, -0.25) is 9.59 Å². The number of carbonyl (C=O) groups is 2. The van der Waals surface area contributed by atoms with Crippen LogP contribution in [0, 0.1) is 5.92 Å². The molecule has 0 bridgehead atoms. The number of nitrogens with one attached hydrogen (secondary N) is 1. The summed E-state index contributed by atoms with van der Waals surface area (Å²) in [6.45, 7) is 1.93. The van der Waals surface area contributed by atoms with Crippen molar-refractivity contribution in [3.63, 3.8) is 0 Å². The molecule has 1 amide bonds. The van der Waals surface area contributed by atoms with E-state index in [1.54, 1.807) is 18.0 Å². The Morgan fingerprint density at radius 3 is 2.57 bits per heavy atom. The lowest BCUT2D eigenvalue weighted by atomic mass is 9.86. The first-order valence-electron chi connectivity index (χ1n) is 9.22. The number of ether oxygens (including phenoxy) is 1. The van der Waals surface area contributed by atoms with Crippen molar-refractivity contribution in [2.24, 2.45) is 5.92 Å². The molecular formula is C21H37NO4S2. The van der Waals surface area contributed by atoms with E-state index < -0.39 is 6.04 Å². The smallest absolute Gasteiger partial charge is 0.233 e. The fourth-order valence-electron chi connectivity index (χ4n) is 3.66. The summed E-state index contributed by atoms with van der Waals surface area (Å²) in [6, 6.07) is 3.28. The third-order valence-corrected chi connectivity index (χ3v) is 6.43. The van der Waals surface area contributed by atoms with Gasteiger partial charge in [-0.25, -0.2) is 0 Å². The number of Topliss-reactive ketones (excluding diaryl/α,β-unsaturated/α-hetero) is 1. The molecule has 1 aliphatic heterocycles. The zero-order chi connectivity index (χ0) is 17.6. The number of furan rings is 1. The fourth-order valence-corrected chi connectivity index (χ4v) is 4.82. The Balaban J connectivity index is 0.00000243. The van der Waals surface area contributed by atoms with Crippen LogP contribution in [0.1, 0.15) is 66.1 Å². The van der Waals surface area contributed by atoms with Gasteiger partial charge < -0.3 is 14.5 Å². The Hall–Kier alpha value is -0.920. The molecule has 0 radical (unpaired) electrons. The number of amides is 1. The van der Waals surface area contributed by atoms with Crippen LogP contribution in [-0.2, 0) is 20.1 Å². The van der Waals surface area contributed by atoms with Crippen molar-refractivity contribution in [2.75, 3.05) is 6.61 Å². The maximum Gasteiger partial charge on any atom is 0.233 e. The van der Waals surface area contributed by atoms with Gasteiger partial charge in [0.15, 0.2) is 5.78 Å². The summed E-state index contributed by atoms with van der Waals surface area (Å²) < 4.78 is 10.7. The van der Waals surface area contributed by atoms with E-state index in [2.05, 4.69) is 5.32 Å². The lowest BCUT2D eigenvalue weighted by molar-refractivity contribution is -0.126. The minimum atomic E-state index is -0.509. The van der Waals surface area contributed by atoms with E-state index in [4.69, 9.17) is 9.15 Å². The molecule has 1 saturated carbocycles. The van der Waals surface area contributed by atoms with Gasteiger partial charge in [0.05, 0.1) is 23.4 Å². The summed E-state index contributed by atoms with van der Waals surface area (Å²) in [5.74, 6) is 2.07. The number of rotatable bonds is 7. The summed E-state index contributed by atoms with van der Waals surface area (Å²) in [5.41, 5.74) is 0. The van der Waals surface area contributed by atoms with Crippen molar-refractivity contribution in [1.82, 2.24) is 5.32 Å². The number of thioether (sulfide) groups is 1. The predicted molar refractivity (Wildman–Crippen MR) is 121 cm³/mol. The molecule has 1 aromatic rings. The molecule has 1 aromatic heterocycles. The van der Waals surface area contributed by atoms with Crippen LogP contribution >= 0.6 is 25.3 Å². The van der Waals surface area contributed by atoms with Gasteiger partial charge in [-0.1, -0.05) is 47.0 Å². The first kappa shape index (κ1) is 27.1. The Bertz CT molecular complexity index is 573. The molecule has 7 heteroatoms. The highest BCUT2D eigenvalue weighted by Gasteiger charge is 2.36. The molecule has 0 unspecified atom stereocenters. The van der Waals surface area contributed by atoms with Gasteiger partial charge in [0.25, 0.3) is 0 Å². The second kappa shape index (κ2) is 13.3. The van der Waals surface area contributed by atoms with Gasteiger partial charge in [-0.15, -0.1) is 11.8 Å². The number of hydrogen-bond acceptors (Lipinski definition) is 5. The topological polar surface area (TPSA) is 68.5 Å². The minimum absolute atomic E-state index is 0. The molecular weight excluding hydrogens is 394 g/mol. The molecule has 1 N–H and O–H groups in total. The van der Waals surface area contributed by atoms with Crippen LogP contribution in [0.4, 0.5) is 0 Å². The van der Waals surface area contributed by atoms with Crippen molar-refractivity contribution in [3.8, 4) is 0 Å². The number of hydrogen-bond donors (Lipinski definition) is 1. The van der Waals surface area contributed by atoms with Crippen molar-refractivity contribution in [2.45, 2.75) is 83.5 Å². The Labute approximate surface area is 181 Å². The lowest BCUT2D eigenvalue weighted by Gasteiger charge is -2.26. The van der Waals surface area contributed by atoms with Crippen LogP contribution < -0.4 is 5.32 Å². The standard InChI is InChI=1S/C19H27NO4S.2CH4.H2S/c1-13-18(16(21)11-24-13)20-19(22)17(10-14-6-3-2-4-7-14)25-12-15-8-5-9-23-15;;;/h5,8-9,13-14,17-18H,2-4,6-7,10-12H2,1H3,(H,20,22);2*1H4;1H2/t13-,17+,18-;;;/m1.../s1. The normalized spacial score (nSPS) is 23.1. The van der Waals surface area contributed by atoms with Gasteiger partial charge in [0.1, 0.15) is 18.4 Å². The third-order valence-electron chi connectivity index (χ3n) is 5.17. The van der Waals surface area contributed by atoms with Crippen LogP contribution in [-0.4, -0.2) is 35.7 Å².